The first-order valence-electron chi connectivity index (χ1n) is 6.92. The summed E-state index contributed by atoms with van der Waals surface area (Å²) in [5, 5.41) is 11.1. The van der Waals surface area contributed by atoms with Crippen molar-refractivity contribution in [2.75, 3.05) is 0 Å². The number of carbonyl (C=O) groups is 1. The van der Waals surface area contributed by atoms with E-state index in [1.54, 1.807) is 0 Å². The van der Waals surface area contributed by atoms with Crippen molar-refractivity contribution in [3.63, 3.8) is 0 Å². The molecule has 3 rings (SSSR count). The molecule has 0 unspecified atom stereocenters. The molecule has 0 aromatic heterocycles. The summed E-state index contributed by atoms with van der Waals surface area (Å²) in [6, 6.07) is 30.7. The van der Waals surface area contributed by atoms with Crippen molar-refractivity contribution in [1.29, 1.82) is 0 Å². The van der Waals surface area contributed by atoms with Crippen molar-refractivity contribution in [2.24, 2.45) is 0 Å². The van der Waals surface area contributed by atoms with Gasteiger partial charge in [-0.15, -0.1) is 0 Å². The van der Waals surface area contributed by atoms with E-state index in [1.165, 1.54) is 0 Å². The van der Waals surface area contributed by atoms with E-state index < -0.39 is 13.6 Å². The second-order valence-corrected chi connectivity index (χ2v) is 6.53. The van der Waals surface area contributed by atoms with E-state index in [0.29, 0.717) is 0 Å². The van der Waals surface area contributed by atoms with Gasteiger partial charge in [-0.25, -0.2) is 4.79 Å². The predicted molar refractivity (Wildman–Crippen MR) is 93.5 cm³/mol. The lowest BCUT2D eigenvalue weighted by molar-refractivity contribution is 0.221. The molecule has 2 nitrogen and oxygen atoms in total. The number of hydrogen-bond acceptors (Lipinski definition) is 1. The number of benzene rings is 3. The van der Waals surface area contributed by atoms with E-state index in [9.17, 15) is 9.90 Å². The fourth-order valence-electron chi connectivity index (χ4n) is 1.91. The molecule has 0 bridgehead atoms. The number of hydrogen-bond donors (Lipinski definition) is 1. The quantitative estimate of drug-likeness (QED) is 0.724. The van der Waals surface area contributed by atoms with Gasteiger partial charge in [0, 0.05) is 0 Å². The van der Waals surface area contributed by atoms with Crippen LogP contribution < -0.4 is 10.6 Å². The summed E-state index contributed by atoms with van der Waals surface area (Å²) in [6.45, 7) is 0. The van der Waals surface area contributed by atoms with Gasteiger partial charge in [0.25, 0.3) is 0 Å². The van der Waals surface area contributed by atoms with E-state index in [2.05, 4.69) is 0 Å². The van der Waals surface area contributed by atoms with E-state index in [1.807, 2.05) is 97.1 Å². The molecule has 22 heavy (non-hydrogen) atoms. The van der Waals surface area contributed by atoms with Crippen LogP contribution in [0.4, 0.5) is 4.79 Å². The Hall–Kier alpha value is -2.44. The van der Waals surface area contributed by atoms with Crippen molar-refractivity contribution >= 4 is 24.2 Å². The maximum Gasteiger partial charge on any atom is 0.332 e. The van der Waals surface area contributed by atoms with Gasteiger partial charge in [0.05, 0.1) is 7.92 Å². The average Bonchev–Trinajstić information content (AvgIpc) is 2.59. The fourth-order valence-corrected chi connectivity index (χ4v) is 3.59. The maximum absolute atomic E-state index is 11.3. The summed E-state index contributed by atoms with van der Waals surface area (Å²) in [5.41, 5.74) is -0.757. The van der Waals surface area contributed by atoms with Gasteiger partial charge in [-0.1, -0.05) is 97.1 Å². The van der Waals surface area contributed by atoms with Crippen LogP contribution in [0.1, 0.15) is 0 Å². The minimum absolute atomic E-state index is 0.757. The molecule has 0 amide bonds. The topological polar surface area (TPSA) is 37.3 Å². The third kappa shape index (κ3) is 4.83. The lowest BCUT2D eigenvalue weighted by atomic mass is 10.4. The second kappa shape index (κ2) is 8.76. The zero-order chi connectivity index (χ0) is 15.6. The first-order valence-corrected chi connectivity index (χ1v) is 8.26. The molecule has 1 N–H and O–H groups in total. The molecule has 0 radical (unpaired) electrons. The van der Waals surface area contributed by atoms with E-state index >= 15 is 0 Å². The molecule has 0 saturated heterocycles. The Morgan fingerprint density at radius 3 is 1.14 bits per heavy atom. The van der Waals surface area contributed by atoms with Gasteiger partial charge in [0.1, 0.15) is 0 Å². The van der Waals surface area contributed by atoms with Crippen molar-refractivity contribution in [3.05, 3.63) is 97.1 Å². The molecule has 0 saturated carbocycles. The Bertz CT molecular complexity index is 603. The highest BCUT2D eigenvalue weighted by molar-refractivity contribution is 7.87. The van der Waals surface area contributed by atoms with Crippen molar-refractivity contribution in [1.82, 2.24) is 0 Å². The smallest absolute Gasteiger partial charge is 0.332 e. The van der Waals surface area contributed by atoms with Crippen molar-refractivity contribution in [3.8, 4) is 0 Å². The Labute approximate surface area is 131 Å². The minimum atomic E-state index is -1.29. The molecule has 3 aromatic rings. The van der Waals surface area contributed by atoms with Gasteiger partial charge in [0.2, 0.25) is 0 Å². The average molecular weight is 308 g/mol. The van der Waals surface area contributed by atoms with E-state index in [0.717, 1.165) is 10.6 Å². The molecule has 0 fully saturated rings. The Kier molecular flexibility index (Phi) is 6.35. The van der Waals surface area contributed by atoms with Gasteiger partial charge in [-0.3, -0.25) is 0 Å². The SMILES string of the molecule is O=C(O)P(c1ccccc1)c1ccccc1.c1ccccc1. The van der Waals surface area contributed by atoms with Gasteiger partial charge in [-0.05, 0) is 10.6 Å². The van der Waals surface area contributed by atoms with Crippen LogP contribution in [0.5, 0.6) is 0 Å². The number of carboxylic acid groups (broad SMARTS) is 1. The van der Waals surface area contributed by atoms with Crippen LogP contribution in [0.3, 0.4) is 0 Å². The fraction of sp³-hybridized carbons (Fsp3) is 0. The summed E-state index contributed by atoms with van der Waals surface area (Å²) in [4.78, 5) is 11.3. The number of rotatable bonds is 3. The maximum atomic E-state index is 11.3. The molecule has 0 spiro atoms. The molecule has 0 aliphatic carbocycles. The normalized spacial score (nSPS) is 9.68. The molecular formula is C19H17O2P. The summed E-state index contributed by atoms with van der Waals surface area (Å²) in [6.07, 6.45) is 0. The van der Waals surface area contributed by atoms with Crippen LogP contribution >= 0.6 is 7.92 Å². The zero-order valence-corrected chi connectivity index (χ0v) is 12.9. The Morgan fingerprint density at radius 2 is 0.864 bits per heavy atom. The highest BCUT2D eigenvalue weighted by atomic mass is 31.1. The zero-order valence-electron chi connectivity index (χ0n) is 12.0. The van der Waals surface area contributed by atoms with Crippen LogP contribution in [0, 0.1) is 0 Å². The monoisotopic (exact) mass is 308 g/mol. The lowest BCUT2D eigenvalue weighted by Gasteiger charge is -2.12. The molecule has 3 heteroatoms. The van der Waals surface area contributed by atoms with Crippen LogP contribution in [0.2, 0.25) is 0 Å². The van der Waals surface area contributed by atoms with Crippen LogP contribution in [-0.2, 0) is 0 Å². The second-order valence-electron chi connectivity index (χ2n) is 4.44. The highest BCUT2D eigenvalue weighted by Crippen LogP contribution is 2.33. The van der Waals surface area contributed by atoms with Crippen molar-refractivity contribution in [2.45, 2.75) is 0 Å². The van der Waals surface area contributed by atoms with Gasteiger partial charge in [0.15, 0.2) is 0 Å². The predicted octanol–water partition coefficient (Wildman–Crippen LogP) is 4.48. The Balaban J connectivity index is 0.000000246. The largest absolute Gasteiger partial charge is 0.478 e. The summed E-state index contributed by atoms with van der Waals surface area (Å²) in [5.74, 6) is 0. The molecule has 0 atom stereocenters. The van der Waals surface area contributed by atoms with Gasteiger partial charge in [-0.2, -0.15) is 0 Å². The molecule has 0 aliphatic rings. The summed E-state index contributed by atoms with van der Waals surface area (Å²) >= 11 is 0. The third-order valence-electron chi connectivity index (χ3n) is 2.89. The highest BCUT2D eigenvalue weighted by Gasteiger charge is 2.20. The van der Waals surface area contributed by atoms with Gasteiger partial charge < -0.3 is 5.11 Å². The molecular weight excluding hydrogens is 291 g/mol. The summed E-state index contributed by atoms with van der Waals surface area (Å²) in [7, 11) is -1.29. The molecule has 3 aromatic carbocycles. The molecule has 110 valence electrons. The third-order valence-corrected chi connectivity index (χ3v) is 4.90. The standard InChI is InChI=1S/C13H11O2P.C6H6/c14-13(15)16(11-7-3-1-4-8-11)12-9-5-2-6-10-12;1-2-4-6-5-3-1/h1-10H,(H,14,15);1-6H. The van der Waals surface area contributed by atoms with Crippen molar-refractivity contribution < 1.29 is 9.90 Å². The van der Waals surface area contributed by atoms with Crippen LogP contribution in [0.25, 0.3) is 0 Å². The van der Waals surface area contributed by atoms with Crippen LogP contribution in [0.15, 0.2) is 97.1 Å². The van der Waals surface area contributed by atoms with E-state index in [4.69, 9.17) is 0 Å². The molecule has 0 aliphatic heterocycles. The first-order chi connectivity index (χ1) is 10.8. The first kappa shape index (κ1) is 15.9. The summed E-state index contributed by atoms with van der Waals surface area (Å²) < 4.78 is 0. The Morgan fingerprint density at radius 1 is 0.591 bits per heavy atom. The lowest BCUT2D eigenvalue weighted by Crippen LogP contribution is -2.16. The van der Waals surface area contributed by atoms with E-state index in [-0.39, 0.29) is 0 Å². The molecule has 0 heterocycles. The van der Waals surface area contributed by atoms with Crippen LogP contribution in [-0.4, -0.2) is 10.8 Å². The van der Waals surface area contributed by atoms with Gasteiger partial charge >= 0.3 is 5.71 Å². The minimum Gasteiger partial charge on any atom is -0.478 e.